The van der Waals surface area contributed by atoms with Crippen molar-refractivity contribution in [1.29, 1.82) is 5.26 Å². The van der Waals surface area contributed by atoms with Gasteiger partial charge in [-0.3, -0.25) is 9.69 Å². The average Bonchev–Trinajstić information content (AvgIpc) is 2.75. The third-order valence-electron chi connectivity index (χ3n) is 5.28. The molecule has 0 unspecified atom stereocenters. The van der Waals surface area contributed by atoms with Gasteiger partial charge in [-0.05, 0) is 43.7 Å². The van der Waals surface area contributed by atoms with E-state index < -0.39 is 0 Å². The number of hydrogen-bond donors (Lipinski definition) is 0. The molecule has 6 nitrogen and oxygen atoms in total. The Balaban J connectivity index is 1.58. The molecule has 1 aliphatic rings. The summed E-state index contributed by atoms with van der Waals surface area (Å²) in [5.74, 6) is 0.320. The number of halogens is 2. The molecule has 0 saturated carbocycles. The molecule has 0 N–H and O–H groups in total. The van der Waals surface area contributed by atoms with Gasteiger partial charge in [-0.25, -0.2) is 4.39 Å². The van der Waals surface area contributed by atoms with Gasteiger partial charge in [-0.15, -0.1) is 0 Å². The Kier molecular flexibility index (Phi) is 7.72. The zero-order valence-corrected chi connectivity index (χ0v) is 18.3. The Morgan fingerprint density at radius 3 is 2.58 bits per heavy atom. The molecule has 0 radical (unpaired) electrons. The van der Waals surface area contributed by atoms with Crippen molar-refractivity contribution in [3.8, 4) is 17.6 Å². The maximum atomic E-state index is 13.1. The monoisotopic (exact) mass is 445 g/mol. The van der Waals surface area contributed by atoms with Crippen molar-refractivity contribution in [1.82, 2.24) is 9.80 Å². The first-order chi connectivity index (χ1) is 14.9. The van der Waals surface area contributed by atoms with Gasteiger partial charge in [0.25, 0.3) is 5.91 Å². The minimum atomic E-state index is -0.248. The van der Waals surface area contributed by atoms with Crippen LogP contribution in [0.3, 0.4) is 0 Å². The van der Waals surface area contributed by atoms with Crippen LogP contribution in [0.15, 0.2) is 42.5 Å². The van der Waals surface area contributed by atoms with E-state index in [-0.39, 0.29) is 37.0 Å². The van der Waals surface area contributed by atoms with Crippen LogP contribution in [-0.4, -0.2) is 54.1 Å². The number of nitriles is 1. The Hall–Kier alpha value is -2.82. The molecule has 0 aliphatic carbocycles. The largest absolute Gasteiger partial charge is 0.480 e. The molecule has 1 aliphatic heterocycles. The maximum absolute atomic E-state index is 13.1. The summed E-state index contributed by atoms with van der Waals surface area (Å²) in [6, 6.07) is 13.4. The minimum Gasteiger partial charge on any atom is -0.480 e. The molecule has 3 rings (SSSR count). The van der Waals surface area contributed by atoms with Gasteiger partial charge in [0.05, 0.1) is 0 Å². The van der Waals surface area contributed by atoms with Crippen molar-refractivity contribution in [3.63, 3.8) is 0 Å². The molecule has 0 aromatic heterocycles. The zero-order chi connectivity index (χ0) is 22.4. The van der Waals surface area contributed by atoms with Crippen LogP contribution in [0.25, 0.3) is 0 Å². The summed E-state index contributed by atoms with van der Waals surface area (Å²) >= 11 is 5.98. The molecule has 1 amide bonds. The van der Waals surface area contributed by atoms with Crippen LogP contribution in [0, 0.1) is 17.1 Å². The van der Waals surface area contributed by atoms with Gasteiger partial charge in [0.1, 0.15) is 11.9 Å². The van der Waals surface area contributed by atoms with E-state index in [1.807, 2.05) is 17.9 Å². The van der Waals surface area contributed by atoms with Crippen molar-refractivity contribution >= 4 is 17.5 Å². The third kappa shape index (κ3) is 6.09. The second-order valence-corrected chi connectivity index (χ2v) is 8.06. The first-order valence-electron chi connectivity index (χ1n) is 10.1. The van der Waals surface area contributed by atoms with Crippen LogP contribution >= 0.6 is 11.6 Å². The van der Waals surface area contributed by atoms with Crippen LogP contribution in [0.5, 0.6) is 11.5 Å². The highest BCUT2D eigenvalue weighted by molar-refractivity contribution is 6.30. The number of hydrogen-bond acceptors (Lipinski definition) is 5. The number of amides is 1. The van der Waals surface area contributed by atoms with Crippen LogP contribution < -0.4 is 9.47 Å². The van der Waals surface area contributed by atoms with Crippen LogP contribution in [0.2, 0.25) is 5.02 Å². The highest BCUT2D eigenvalue weighted by Gasteiger charge is 2.32. The Bertz CT molecular complexity index is 948. The average molecular weight is 446 g/mol. The van der Waals surface area contributed by atoms with E-state index in [1.165, 1.54) is 12.1 Å². The second kappa shape index (κ2) is 10.5. The van der Waals surface area contributed by atoms with Gasteiger partial charge in [0.15, 0.2) is 24.7 Å². The van der Waals surface area contributed by atoms with Crippen molar-refractivity contribution in [2.75, 3.05) is 26.3 Å². The molecule has 0 spiro atoms. The number of benzene rings is 2. The molecule has 1 saturated heterocycles. The summed E-state index contributed by atoms with van der Waals surface area (Å²) in [6.45, 7) is 5.78. The molecule has 0 bridgehead atoms. The van der Waals surface area contributed by atoms with Crippen molar-refractivity contribution < 1.29 is 18.7 Å². The van der Waals surface area contributed by atoms with Crippen molar-refractivity contribution in [3.05, 3.63) is 58.9 Å². The molecule has 2 aromatic rings. The zero-order valence-electron chi connectivity index (χ0n) is 17.6. The van der Waals surface area contributed by atoms with Crippen LogP contribution in [0.4, 0.5) is 4.39 Å². The molecule has 2 atom stereocenters. The fourth-order valence-corrected chi connectivity index (χ4v) is 3.80. The Labute approximate surface area is 186 Å². The lowest BCUT2D eigenvalue weighted by molar-refractivity contribution is -0.139. The maximum Gasteiger partial charge on any atom is 0.260 e. The number of carbonyl (C=O) groups excluding carboxylic acids is 1. The molecule has 1 heterocycles. The summed E-state index contributed by atoms with van der Waals surface area (Å²) in [6.07, 6.45) is 0. The minimum absolute atomic E-state index is 0.00674. The number of carbonyl (C=O) groups is 1. The summed E-state index contributed by atoms with van der Waals surface area (Å²) in [5, 5.41) is 9.18. The number of rotatable bonds is 7. The van der Waals surface area contributed by atoms with Gasteiger partial charge in [-0.2, -0.15) is 5.26 Å². The van der Waals surface area contributed by atoms with Gasteiger partial charge < -0.3 is 14.4 Å². The molecule has 2 aromatic carbocycles. The number of piperazine rings is 1. The predicted octanol–water partition coefficient (Wildman–Crippen LogP) is 3.88. The topological polar surface area (TPSA) is 65.8 Å². The van der Waals surface area contributed by atoms with E-state index in [1.54, 1.807) is 30.3 Å². The highest BCUT2D eigenvalue weighted by atomic mass is 35.5. The molecule has 8 heteroatoms. The Morgan fingerprint density at radius 1 is 1.13 bits per heavy atom. The van der Waals surface area contributed by atoms with E-state index in [2.05, 4.69) is 11.8 Å². The van der Waals surface area contributed by atoms with Crippen molar-refractivity contribution in [2.45, 2.75) is 32.5 Å². The molecular weight excluding hydrogens is 421 g/mol. The summed E-state index contributed by atoms with van der Waals surface area (Å²) in [4.78, 5) is 16.9. The van der Waals surface area contributed by atoms with Gasteiger partial charge in [0.2, 0.25) is 0 Å². The van der Waals surface area contributed by atoms with E-state index in [0.717, 1.165) is 5.56 Å². The second-order valence-electron chi connectivity index (χ2n) is 7.63. The van der Waals surface area contributed by atoms with Crippen LogP contribution in [0.1, 0.15) is 19.4 Å². The van der Waals surface area contributed by atoms with Gasteiger partial charge >= 0.3 is 0 Å². The normalized spacial score (nSPS) is 19.0. The SMILES string of the molecule is C[C@@H]1CN(Cc2ccc(F)cc2)[C@@H](C)CN1C(=O)COc1ccc(Cl)cc1OCC#N. The molecule has 1 fully saturated rings. The third-order valence-corrected chi connectivity index (χ3v) is 5.52. The lowest BCUT2D eigenvalue weighted by Gasteiger charge is -2.44. The summed E-state index contributed by atoms with van der Waals surface area (Å²) < 4.78 is 24.2. The first-order valence-corrected chi connectivity index (χ1v) is 10.4. The standard InChI is InChI=1S/C23H25ClFN3O3/c1-16-13-28(17(2)12-27(16)14-18-3-6-20(25)7-4-18)23(29)15-31-21-8-5-19(24)11-22(21)30-10-9-26/h3-8,11,16-17H,10,12-15H2,1-2H3/t16-,17+/m0/s1. The van der Waals surface area contributed by atoms with Crippen molar-refractivity contribution in [2.24, 2.45) is 0 Å². The molecule has 164 valence electrons. The predicted molar refractivity (Wildman–Crippen MR) is 116 cm³/mol. The van der Waals surface area contributed by atoms with Gasteiger partial charge in [-0.1, -0.05) is 23.7 Å². The van der Waals surface area contributed by atoms with E-state index in [0.29, 0.717) is 36.2 Å². The lowest BCUT2D eigenvalue weighted by Crippen LogP contribution is -2.58. The first kappa shape index (κ1) is 22.9. The van der Waals surface area contributed by atoms with Crippen LogP contribution in [-0.2, 0) is 11.3 Å². The number of ether oxygens (including phenoxy) is 2. The van der Waals surface area contributed by atoms with E-state index in [9.17, 15) is 9.18 Å². The van der Waals surface area contributed by atoms with Gasteiger partial charge in [0, 0.05) is 42.8 Å². The lowest BCUT2D eigenvalue weighted by atomic mass is 10.1. The van der Waals surface area contributed by atoms with E-state index >= 15 is 0 Å². The fourth-order valence-electron chi connectivity index (χ4n) is 3.64. The quantitative estimate of drug-likeness (QED) is 0.647. The molecule has 31 heavy (non-hydrogen) atoms. The summed E-state index contributed by atoms with van der Waals surface area (Å²) in [7, 11) is 0. The molecular formula is C23H25ClFN3O3. The number of nitrogens with zero attached hydrogens (tertiary/aromatic N) is 3. The summed E-state index contributed by atoms with van der Waals surface area (Å²) in [5.41, 5.74) is 1.04. The Morgan fingerprint density at radius 2 is 1.87 bits per heavy atom. The smallest absolute Gasteiger partial charge is 0.260 e. The fraction of sp³-hybridized carbons (Fsp3) is 0.391. The van der Waals surface area contributed by atoms with E-state index in [4.69, 9.17) is 26.3 Å². The highest BCUT2D eigenvalue weighted by Crippen LogP contribution is 2.30.